The van der Waals surface area contributed by atoms with E-state index in [0.717, 1.165) is 17.7 Å². The second-order valence-electron chi connectivity index (χ2n) is 5.89. The number of anilines is 1. The molecule has 0 unspecified atom stereocenters. The second-order valence-corrected chi connectivity index (χ2v) is 5.89. The van der Waals surface area contributed by atoms with Gasteiger partial charge in [0.25, 0.3) is 0 Å². The summed E-state index contributed by atoms with van der Waals surface area (Å²) >= 11 is 0. The van der Waals surface area contributed by atoms with Crippen molar-refractivity contribution < 1.29 is 14.3 Å². The van der Waals surface area contributed by atoms with Crippen LogP contribution in [-0.4, -0.2) is 29.0 Å². The van der Waals surface area contributed by atoms with Crippen molar-refractivity contribution in [3.05, 3.63) is 24.0 Å². The number of aromatic nitrogens is 1. The van der Waals surface area contributed by atoms with Crippen LogP contribution in [0, 0.1) is 0 Å². The van der Waals surface area contributed by atoms with E-state index in [-0.39, 0.29) is 24.7 Å². The molecule has 108 valence electrons. The van der Waals surface area contributed by atoms with Gasteiger partial charge in [-0.3, -0.25) is 14.6 Å². The van der Waals surface area contributed by atoms with Crippen molar-refractivity contribution in [1.82, 2.24) is 4.98 Å². The first-order chi connectivity index (χ1) is 9.37. The van der Waals surface area contributed by atoms with Gasteiger partial charge >= 0.3 is 5.97 Å². The summed E-state index contributed by atoms with van der Waals surface area (Å²) < 4.78 is 5.20. The molecule has 0 aromatic carbocycles. The molecule has 20 heavy (non-hydrogen) atoms. The molecule has 2 heterocycles. The topological polar surface area (TPSA) is 59.5 Å². The third-order valence-corrected chi connectivity index (χ3v) is 3.04. The smallest absolute Gasteiger partial charge is 0.306 e. The second kappa shape index (κ2) is 5.61. The standard InChI is InChI=1S/C15H20N2O3/c1-15(2,3)20-14(19)5-4-13(18)17-9-7-11-10-16-8-6-12(11)17/h6,8,10H,4-5,7,9H2,1-3H3. The largest absolute Gasteiger partial charge is 0.460 e. The van der Waals surface area contributed by atoms with Crippen LogP contribution in [-0.2, 0) is 20.7 Å². The molecule has 0 fully saturated rings. The molecular weight excluding hydrogens is 256 g/mol. The van der Waals surface area contributed by atoms with Crippen molar-refractivity contribution in [1.29, 1.82) is 0 Å². The summed E-state index contributed by atoms with van der Waals surface area (Å²) in [5.74, 6) is -0.374. The molecule has 2 rings (SSSR count). The van der Waals surface area contributed by atoms with Gasteiger partial charge in [0.15, 0.2) is 0 Å². The van der Waals surface area contributed by atoms with Crippen molar-refractivity contribution >= 4 is 17.6 Å². The van der Waals surface area contributed by atoms with E-state index in [1.165, 1.54) is 0 Å². The summed E-state index contributed by atoms with van der Waals surface area (Å²) in [6.45, 7) is 6.11. The lowest BCUT2D eigenvalue weighted by Gasteiger charge is -2.20. The monoisotopic (exact) mass is 276 g/mol. The van der Waals surface area contributed by atoms with Crippen LogP contribution in [0.2, 0.25) is 0 Å². The Morgan fingerprint density at radius 2 is 2.10 bits per heavy atom. The number of rotatable bonds is 3. The molecule has 0 saturated heterocycles. The van der Waals surface area contributed by atoms with Crippen LogP contribution in [0.4, 0.5) is 5.69 Å². The highest BCUT2D eigenvalue weighted by Crippen LogP contribution is 2.27. The van der Waals surface area contributed by atoms with Crippen LogP contribution in [0.25, 0.3) is 0 Å². The van der Waals surface area contributed by atoms with Gasteiger partial charge < -0.3 is 9.64 Å². The first kappa shape index (κ1) is 14.5. The molecule has 0 atom stereocenters. The molecule has 1 aromatic heterocycles. The average Bonchev–Trinajstić information content (AvgIpc) is 2.78. The van der Waals surface area contributed by atoms with Gasteiger partial charge in [0.05, 0.1) is 6.42 Å². The van der Waals surface area contributed by atoms with E-state index in [4.69, 9.17) is 4.74 Å². The molecule has 0 N–H and O–H groups in total. The Kier molecular flexibility index (Phi) is 4.06. The fraction of sp³-hybridized carbons (Fsp3) is 0.533. The lowest BCUT2D eigenvalue weighted by Crippen LogP contribution is -2.30. The van der Waals surface area contributed by atoms with Crippen molar-refractivity contribution in [3.63, 3.8) is 0 Å². The SMILES string of the molecule is CC(C)(C)OC(=O)CCC(=O)N1CCc2cnccc21. The van der Waals surface area contributed by atoms with Crippen LogP contribution in [0.5, 0.6) is 0 Å². The Labute approximate surface area is 118 Å². The molecule has 0 aliphatic carbocycles. The Morgan fingerprint density at radius 3 is 2.80 bits per heavy atom. The number of carbonyl (C=O) groups excluding carboxylic acids is 2. The number of hydrogen-bond acceptors (Lipinski definition) is 4. The zero-order valence-corrected chi connectivity index (χ0v) is 12.2. The van der Waals surface area contributed by atoms with Crippen LogP contribution in [0.15, 0.2) is 18.5 Å². The predicted molar refractivity (Wildman–Crippen MR) is 75.4 cm³/mol. The van der Waals surface area contributed by atoms with E-state index < -0.39 is 5.60 Å². The minimum Gasteiger partial charge on any atom is -0.460 e. The van der Waals surface area contributed by atoms with Gasteiger partial charge in [-0.25, -0.2) is 0 Å². The number of pyridine rings is 1. The van der Waals surface area contributed by atoms with Crippen molar-refractivity contribution in [2.24, 2.45) is 0 Å². The van der Waals surface area contributed by atoms with E-state index in [1.807, 2.05) is 26.8 Å². The van der Waals surface area contributed by atoms with Gasteiger partial charge in [0.1, 0.15) is 5.60 Å². The number of amides is 1. The summed E-state index contributed by atoms with van der Waals surface area (Å²) in [6, 6.07) is 1.84. The minimum absolute atomic E-state index is 0.0409. The van der Waals surface area contributed by atoms with Crippen LogP contribution < -0.4 is 4.90 Å². The lowest BCUT2D eigenvalue weighted by molar-refractivity contribution is -0.155. The van der Waals surface area contributed by atoms with Gasteiger partial charge in [-0.1, -0.05) is 0 Å². The third-order valence-electron chi connectivity index (χ3n) is 3.04. The van der Waals surface area contributed by atoms with E-state index in [9.17, 15) is 9.59 Å². The fourth-order valence-electron chi connectivity index (χ4n) is 2.22. The summed E-state index contributed by atoms with van der Waals surface area (Å²) in [5.41, 5.74) is 1.48. The van der Waals surface area contributed by atoms with Gasteiger partial charge in [0, 0.05) is 31.0 Å². The zero-order chi connectivity index (χ0) is 14.8. The van der Waals surface area contributed by atoms with Gasteiger partial charge in [-0.05, 0) is 38.8 Å². The van der Waals surface area contributed by atoms with Crippen LogP contribution >= 0.6 is 0 Å². The molecular formula is C15H20N2O3. The average molecular weight is 276 g/mol. The van der Waals surface area contributed by atoms with Gasteiger partial charge in [-0.2, -0.15) is 0 Å². The predicted octanol–water partition coefficient (Wildman–Crippen LogP) is 2.09. The number of nitrogens with zero attached hydrogens (tertiary/aromatic N) is 2. The highest BCUT2D eigenvalue weighted by Gasteiger charge is 2.25. The van der Waals surface area contributed by atoms with Gasteiger partial charge in [0.2, 0.25) is 5.91 Å². The highest BCUT2D eigenvalue weighted by atomic mass is 16.6. The van der Waals surface area contributed by atoms with E-state index in [1.54, 1.807) is 17.3 Å². The Bertz CT molecular complexity index is 520. The molecule has 1 amide bonds. The highest BCUT2D eigenvalue weighted by molar-refractivity contribution is 5.96. The minimum atomic E-state index is -0.508. The molecule has 1 aliphatic heterocycles. The molecule has 0 saturated carbocycles. The Balaban J connectivity index is 1.89. The quantitative estimate of drug-likeness (QED) is 0.793. The van der Waals surface area contributed by atoms with E-state index >= 15 is 0 Å². The molecule has 0 spiro atoms. The first-order valence-electron chi connectivity index (χ1n) is 6.82. The molecule has 0 radical (unpaired) electrons. The van der Waals surface area contributed by atoms with Gasteiger partial charge in [-0.15, -0.1) is 0 Å². The lowest BCUT2D eigenvalue weighted by atomic mass is 10.2. The molecule has 0 bridgehead atoms. The first-order valence-corrected chi connectivity index (χ1v) is 6.82. The number of carbonyl (C=O) groups is 2. The van der Waals surface area contributed by atoms with Crippen LogP contribution in [0.1, 0.15) is 39.2 Å². The van der Waals surface area contributed by atoms with Crippen LogP contribution in [0.3, 0.4) is 0 Å². The van der Waals surface area contributed by atoms with Crippen molar-refractivity contribution in [3.8, 4) is 0 Å². The van der Waals surface area contributed by atoms with E-state index in [2.05, 4.69) is 4.98 Å². The molecule has 1 aromatic rings. The molecule has 5 nitrogen and oxygen atoms in total. The summed E-state index contributed by atoms with van der Waals surface area (Å²) in [4.78, 5) is 29.6. The van der Waals surface area contributed by atoms with E-state index in [0.29, 0.717) is 6.54 Å². The third kappa shape index (κ3) is 3.56. The maximum Gasteiger partial charge on any atom is 0.306 e. The number of esters is 1. The number of fused-ring (bicyclic) bond motifs is 1. The fourth-order valence-corrected chi connectivity index (χ4v) is 2.22. The number of ether oxygens (including phenoxy) is 1. The molecule has 5 heteroatoms. The molecule has 1 aliphatic rings. The summed E-state index contributed by atoms with van der Waals surface area (Å²) in [5, 5.41) is 0. The Hall–Kier alpha value is -1.91. The van der Waals surface area contributed by atoms with Crippen molar-refractivity contribution in [2.75, 3.05) is 11.4 Å². The normalized spacial score (nSPS) is 14.1. The Morgan fingerprint density at radius 1 is 1.35 bits per heavy atom. The summed E-state index contributed by atoms with van der Waals surface area (Å²) in [6.07, 6.45) is 4.58. The van der Waals surface area contributed by atoms with Crippen molar-refractivity contribution in [2.45, 2.75) is 45.6 Å². The number of hydrogen-bond donors (Lipinski definition) is 0. The zero-order valence-electron chi connectivity index (χ0n) is 12.2. The maximum absolute atomic E-state index is 12.2. The summed E-state index contributed by atoms with van der Waals surface area (Å²) in [7, 11) is 0. The maximum atomic E-state index is 12.2.